The summed E-state index contributed by atoms with van der Waals surface area (Å²) in [5.74, 6) is -0.404. The van der Waals surface area contributed by atoms with E-state index in [-0.39, 0.29) is 23.8 Å². The van der Waals surface area contributed by atoms with E-state index in [2.05, 4.69) is 43.2 Å². The van der Waals surface area contributed by atoms with E-state index < -0.39 is 22.0 Å². The molecule has 4 rings (SSSR count). The molecule has 0 unspecified atom stereocenters. The number of hydrogen-bond acceptors (Lipinski definition) is 6. The van der Waals surface area contributed by atoms with Gasteiger partial charge in [-0.25, -0.2) is 13.8 Å². The van der Waals surface area contributed by atoms with Gasteiger partial charge in [-0.1, -0.05) is 48.5 Å². The van der Waals surface area contributed by atoms with Gasteiger partial charge in [-0.3, -0.25) is 9.59 Å². The lowest BCUT2D eigenvalue weighted by molar-refractivity contribution is -0.122. The second kappa shape index (κ2) is 14.5. The van der Waals surface area contributed by atoms with E-state index >= 15 is 0 Å². The van der Waals surface area contributed by atoms with Gasteiger partial charge in [0.05, 0.1) is 11.1 Å². The Balaban J connectivity index is 1.35. The average molecular weight is 683 g/mol. The number of para-hydroxylation sites is 1. The van der Waals surface area contributed by atoms with Gasteiger partial charge >= 0.3 is 0 Å². The Morgan fingerprint density at radius 1 is 0.854 bits per heavy atom. The van der Waals surface area contributed by atoms with Gasteiger partial charge in [0.25, 0.3) is 11.8 Å². The highest BCUT2D eigenvalue weighted by atomic mass is 127. The number of amides is 2. The molecule has 1 atom stereocenters. The average Bonchev–Trinajstić information content (AvgIpc) is 2.97. The standard InChI is InChI=1S/C30H27IN4O5S/c31-24-13-17-27(18-14-24)41(38,39)35-28(19-22-7-3-1-4-8-22)30(37)34-32-20-23-11-15-26(16-12-23)40-21-29(36)33-25-9-5-2-6-10-25/h1-18,20,28,35H,19,21H2,(H,33,36)(H,34,37)/b32-20-/t28-/m0/s1. The van der Waals surface area contributed by atoms with Crippen LogP contribution in [-0.2, 0) is 26.0 Å². The highest BCUT2D eigenvalue weighted by molar-refractivity contribution is 14.1. The van der Waals surface area contributed by atoms with Crippen molar-refractivity contribution in [2.75, 3.05) is 11.9 Å². The number of hydrazone groups is 1. The number of nitrogens with zero attached hydrogens (tertiary/aromatic N) is 1. The number of ether oxygens (including phenoxy) is 1. The Labute approximate surface area is 252 Å². The first-order valence-electron chi connectivity index (χ1n) is 12.5. The van der Waals surface area contributed by atoms with Crippen molar-refractivity contribution in [1.29, 1.82) is 0 Å². The summed E-state index contributed by atoms with van der Waals surface area (Å²) in [6, 6.07) is 30.2. The zero-order valence-corrected chi connectivity index (χ0v) is 24.7. The minimum absolute atomic E-state index is 0.0622. The number of rotatable bonds is 12. The Morgan fingerprint density at radius 2 is 1.49 bits per heavy atom. The highest BCUT2D eigenvalue weighted by Crippen LogP contribution is 2.15. The van der Waals surface area contributed by atoms with Crippen molar-refractivity contribution >= 4 is 56.3 Å². The summed E-state index contributed by atoms with van der Waals surface area (Å²) in [6.07, 6.45) is 1.56. The van der Waals surface area contributed by atoms with Crippen LogP contribution >= 0.6 is 22.6 Å². The maximum absolute atomic E-state index is 13.0. The number of carbonyl (C=O) groups is 2. The van der Waals surface area contributed by atoms with Gasteiger partial charge in [-0.2, -0.15) is 9.82 Å². The molecule has 9 nitrogen and oxygen atoms in total. The predicted molar refractivity (Wildman–Crippen MR) is 166 cm³/mol. The summed E-state index contributed by atoms with van der Waals surface area (Å²) in [7, 11) is -3.96. The maximum Gasteiger partial charge on any atom is 0.262 e. The minimum Gasteiger partial charge on any atom is -0.484 e. The molecule has 3 N–H and O–H groups in total. The van der Waals surface area contributed by atoms with Gasteiger partial charge in [-0.05, 0) is 101 Å². The summed E-state index contributed by atoms with van der Waals surface area (Å²) in [4.78, 5) is 25.2. The molecule has 0 saturated heterocycles. The fraction of sp³-hybridized carbons (Fsp3) is 0.100. The Bertz CT molecular complexity index is 1580. The van der Waals surface area contributed by atoms with E-state index in [0.717, 1.165) is 9.13 Å². The summed E-state index contributed by atoms with van der Waals surface area (Å²) in [6.45, 7) is -0.153. The number of carbonyl (C=O) groups excluding carboxylic acids is 2. The fourth-order valence-electron chi connectivity index (χ4n) is 3.67. The third kappa shape index (κ3) is 9.52. The van der Waals surface area contributed by atoms with Crippen LogP contribution in [0.3, 0.4) is 0 Å². The molecule has 0 bridgehead atoms. The molecule has 4 aromatic rings. The van der Waals surface area contributed by atoms with Crippen LogP contribution in [0.4, 0.5) is 5.69 Å². The third-order valence-electron chi connectivity index (χ3n) is 5.72. The molecule has 0 saturated carbocycles. The molecule has 11 heteroatoms. The normalized spacial score (nSPS) is 12.0. The molecule has 0 aliphatic heterocycles. The topological polar surface area (TPSA) is 126 Å². The Hall–Kier alpha value is -4.07. The summed E-state index contributed by atoms with van der Waals surface area (Å²) >= 11 is 2.09. The van der Waals surface area contributed by atoms with Crippen LogP contribution in [0.2, 0.25) is 0 Å². The molecule has 0 spiro atoms. The molecule has 0 heterocycles. The summed E-state index contributed by atoms with van der Waals surface area (Å²) < 4.78 is 34.9. The number of hydrogen-bond donors (Lipinski definition) is 3. The lowest BCUT2D eigenvalue weighted by atomic mass is 10.1. The maximum atomic E-state index is 13.0. The molecular weight excluding hydrogens is 655 g/mol. The molecule has 0 radical (unpaired) electrons. The van der Waals surface area contributed by atoms with Crippen LogP contribution in [0.5, 0.6) is 5.75 Å². The second-order valence-electron chi connectivity index (χ2n) is 8.82. The summed E-state index contributed by atoms with van der Waals surface area (Å²) in [5.41, 5.74) is 4.56. The van der Waals surface area contributed by atoms with Crippen LogP contribution < -0.4 is 20.2 Å². The van der Waals surface area contributed by atoms with Crippen LogP contribution in [0.25, 0.3) is 0 Å². The fourth-order valence-corrected chi connectivity index (χ4v) is 5.23. The van der Waals surface area contributed by atoms with E-state index in [4.69, 9.17) is 4.74 Å². The number of halogens is 1. The first-order valence-corrected chi connectivity index (χ1v) is 15.1. The largest absolute Gasteiger partial charge is 0.484 e. The molecule has 210 valence electrons. The quantitative estimate of drug-likeness (QED) is 0.117. The van der Waals surface area contributed by atoms with E-state index in [1.54, 1.807) is 48.5 Å². The van der Waals surface area contributed by atoms with Crippen LogP contribution in [0, 0.1) is 3.57 Å². The van der Waals surface area contributed by atoms with Crippen molar-refractivity contribution in [2.24, 2.45) is 5.10 Å². The molecular formula is C30H27IN4O5S. The summed E-state index contributed by atoms with van der Waals surface area (Å²) in [5, 5.41) is 6.75. The second-order valence-corrected chi connectivity index (χ2v) is 11.8. The first-order chi connectivity index (χ1) is 19.8. The van der Waals surface area contributed by atoms with E-state index in [0.29, 0.717) is 17.0 Å². The van der Waals surface area contributed by atoms with Crippen molar-refractivity contribution in [3.8, 4) is 5.75 Å². The minimum atomic E-state index is -3.96. The molecule has 0 aliphatic carbocycles. The zero-order valence-electron chi connectivity index (χ0n) is 21.7. The number of nitrogens with one attached hydrogen (secondary N) is 3. The third-order valence-corrected chi connectivity index (χ3v) is 7.92. The van der Waals surface area contributed by atoms with E-state index in [1.165, 1.54) is 18.3 Å². The number of benzene rings is 4. The highest BCUT2D eigenvalue weighted by Gasteiger charge is 2.26. The van der Waals surface area contributed by atoms with Gasteiger partial charge in [0.15, 0.2) is 6.61 Å². The lowest BCUT2D eigenvalue weighted by Gasteiger charge is -2.17. The lowest BCUT2D eigenvalue weighted by Crippen LogP contribution is -2.46. The first kappa shape index (κ1) is 29.9. The van der Waals surface area contributed by atoms with Gasteiger partial charge < -0.3 is 10.1 Å². The van der Waals surface area contributed by atoms with Crippen molar-refractivity contribution in [3.05, 3.63) is 124 Å². The number of sulfonamides is 1. The molecule has 0 aromatic heterocycles. The predicted octanol–water partition coefficient (Wildman–Crippen LogP) is 4.35. The van der Waals surface area contributed by atoms with E-state index in [1.807, 2.05) is 48.5 Å². The van der Waals surface area contributed by atoms with Crippen LogP contribution in [0.15, 0.2) is 119 Å². The van der Waals surface area contributed by atoms with Gasteiger partial charge in [0, 0.05) is 9.26 Å². The van der Waals surface area contributed by atoms with Crippen molar-refractivity contribution < 1.29 is 22.7 Å². The van der Waals surface area contributed by atoms with Crippen molar-refractivity contribution in [2.45, 2.75) is 17.4 Å². The van der Waals surface area contributed by atoms with Gasteiger partial charge in [0.2, 0.25) is 10.0 Å². The molecule has 4 aromatic carbocycles. The van der Waals surface area contributed by atoms with E-state index in [9.17, 15) is 18.0 Å². The zero-order chi connectivity index (χ0) is 29.1. The van der Waals surface area contributed by atoms with Gasteiger partial charge in [-0.15, -0.1) is 0 Å². The Kier molecular flexibility index (Phi) is 10.6. The molecule has 0 fully saturated rings. The van der Waals surface area contributed by atoms with Crippen LogP contribution in [0.1, 0.15) is 11.1 Å². The Morgan fingerprint density at radius 3 is 2.15 bits per heavy atom. The smallest absolute Gasteiger partial charge is 0.262 e. The monoisotopic (exact) mass is 682 g/mol. The van der Waals surface area contributed by atoms with Crippen molar-refractivity contribution in [1.82, 2.24) is 10.1 Å². The molecule has 2 amide bonds. The van der Waals surface area contributed by atoms with Gasteiger partial charge in [0.1, 0.15) is 11.8 Å². The SMILES string of the molecule is O=C(COc1ccc(/C=N\NC(=O)[C@H](Cc2ccccc2)NS(=O)(=O)c2ccc(I)cc2)cc1)Nc1ccccc1. The van der Waals surface area contributed by atoms with Crippen LogP contribution in [-0.4, -0.2) is 39.1 Å². The van der Waals surface area contributed by atoms with Crippen molar-refractivity contribution in [3.63, 3.8) is 0 Å². The molecule has 41 heavy (non-hydrogen) atoms. The number of anilines is 1. The molecule has 0 aliphatic rings.